The minimum Gasteiger partial charge on any atom is -0.465 e. The molecule has 1 aliphatic heterocycles. The lowest BCUT2D eigenvalue weighted by molar-refractivity contribution is -0.149. The molecule has 2 unspecified atom stereocenters. The fourth-order valence-electron chi connectivity index (χ4n) is 3.08. The molecule has 21 heavy (non-hydrogen) atoms. The van der Waals surface area contributed by atoms with E-state index in [4.69, 9.17) is 4.74 Å². The molecule has 0 saturated carbocycles. The fraction of sp³-hybridized carbons (Fsp3) is 0.611. The van der Waals surface area contributed by atoms with Gasteiger partial charge in [-0.3, -0.25) is 4.90 Å². The summed E-state index contributed by atoms with van der Waals surface area (Å²) >= 11 is 0. The average Bonchev–Trinajstić information content (AvgIpc) is 2.90. The Morgan fingerprint density at radius 3 is 2.52 bits per heavy atom. The van der Waals surface area contributed by atoms with E-state index in [1.54, 1.807) is 0 Å². The van der Waals surface area contributed by atoms with Crippen LogP contribution in [0.1, 0.15) is 45.7 Å². The molecule has 0 aromatic heterocycles. The number of ether oxygens (including phenoxy) is 1. The Hall–Kier alpha value is -1.35. The number of hydrogen-bond acceptors (Lipinski definition) is 3. The lowest BCUT2D eigenvalue weighted by Crippen LogP contribution is -2.35. The van der Waals surface area contributed by atoms with E-state index in [-0.39, 0.29) is 17.4 Å². The molecule has 1 aliphatic rings. The van der Waals surface area contributed by atoms with Crippen LogP contribution in [0, 0.1) is 11.3 Å². The van der Waals surface area contributed by atoms with E-state index in [9.17, 15) is 4.79 Å². The third kappa shape index (κ3) is 3.85. The van der Waals surface area contributed by atoms with Crippen molar-refractivity contribution >= 4 is 5.97 Å². The minimum absolute atomic E-state index is 0.127. The largest absolute Gasteiger partial charge is 0.465 e. The predicted octanol–water partition coefficient (Wildman–Crippen LogP) is 3.66. The summed E-state index contributed by atoms with van der Waals surface area (Å²) in [6, 6.07) is 9.72. The Morgan fingerprint density at radius 1 is 1.33 bits per heavy atom. The van der Waals surface area contributed by atoms with Crippen LogP contribution in [0.15, 0.2) is 30.3 Å². The van der Waals surface area contributed by atoms with Gasteiger partial charge in [-0.25, -0.2) is 4.79 Å². The Labute approximate surface area is 128 Å². The highest BCUT2D eigenvalue weighted by molar-refractivity contribution is 5.77. The van der Waals surface area contributed by atoms with Gasteiger partial charge in [0.15, 0.2) is 0 Å². The quantitative estimate of drug-likeness (QED) is 0.792. The van der Waals surface area contributed by atoms with Crippen LogP contribution in [0.5, 0.6) is 0 Å². The van der Waals surface area contributed by atoms with Crippen molar-refractivity contribution in [3.63, 3.8) is 0 Å². The number of likely N-dealkylation sites (tertiary alicyclic amines) is 1. The minimum atomic E-state index is -0.265. The van der Waals surface area contributed by atoms with Gasteiger partial charge in [-0.2, -0.15) is 0 Å². The number of esters is 1. The van der Waals surface area contributed by atoms with E-state index in [0.29, 0.717) is 12.5 Å². The van der Waals surface area contributed by atoms with Crippen molar-refractivity contribution in [2.45, 2.75) is 40.2 Å². The molecule has 3 nitrogen and oxygen atoms in total. The highest BCUT2D eigenvalue weighted by atomic mass is 16.5. The van der Waals surface area contributed by atoms with Crippen LogP contribution in [0.2, 0.25) is 0 Å². The lowest BCUT2D eigenvalue weighted by atomic mass is 9.80. The second-order valence-corrected chi connectivity index (χ2v) is 6.91. The summed E-state index contributed by atoms with van der Waals surface area (Å²) in [6.07, 6.45) is 1.15. The van der Waals surface area contributed by atoms with Crippen LogP contribution in [0.25, 0.3) is 0 Å². The molecular weight excluding hydrogens is 262 g/mol. The molecule has 3 heteroatoms. The molecule has 1 aromatic carbocycles. The van der Waals surface area contributed by atoms with Crippen molar-refractivity contribution < 1.29 is 9.53 Å². The molecule has 1 saturated heterocycles. The van der Waals surface area contributed by atoms with Crippen molar-refractivity contribution in [3.8, 4) is 0 Å². The van der Waals surface area contributed by atoms with E-state index in [1.165, 1.54) is 0 Å². The molecule has 0 spiro atoms. The number of hydrogen-bond donors (Lipinski definition) is 0. The normalized spacial score (nSPS) is 21.2. The maximum absolute atomic E-state index is 12.4. The van der Waals surface area contributed by atoms with Gasteiger partial charge in [0, 0.05) is 6.54 Å². The number of carbonyl (C=O) groups is 1. The van der Waals surface area contributed by atoms with Crippen LogP contribution in [0.3, 0.4) is 0 Å². The highest BCUT2D eigenvalue weighted by Gasteiger charge is 2.38. The number of rotatable bonds is 4. The molecule has 1 heterocycles. The molecule has 0 aliphatic carbocycles. The molecule has 2 rings (SSSR count). The summed E-state index contributed by atoms with van der Waals surface area (Å²) in [5.74, 6) is 0.497. The maximum Gasteiger partial charge on any atom is 0.327 e. The molecule has 116 valence electrons. The average molecular weight is 289 g/mol. The van der Waals surface area contributed by atoms with Crippen molar-refractivity contribution in [1.82, 2.24) is 4.90 Å². The van der Waals surface area contributed by atoms with Gasteiger partial charge in [-0.15, -0.1) is 0 Å². The summed E-state index contributed by atoms with van der Waals surface area (Å²) in [6.45, 7) is 11.1. The first-order chi connectivity index (χ1) is 9.93. The molecule has 0 N–H and O–H groups in total. The first-order valence-corrected chi connectivity index (χ1v) is 7.89. The van der Waals surface area contributed by atoms with Crippen LogP contribution in [-0.4, -0.2) is 30.6 Å². The second-order valence-electron chi connectivity index (χ2n) is 6.91. The summed E-state index contributed by atoms with van der Waals surface area (Å²) in [5, 5.41) is 0. The van der Waals surface area contributed by atoms with Crippen LogP contribution < -0.4 is 0 Å². The first-order valence-electron chi connectivity index (χ1n) is 7.89. The molecule has 1 fully saturated rings. The van der Waals surface area contributed by atoms with Gasteiger partial charge in [0.25, 0.3) is 0 Å². The zero-order valence-electron chi connectivity index (χ0n) is 13.6. The Bertz CT molecular complexity index is 464. The topological polar surface area (TPSA) is 29.5 Å². The Kier molecular flexibility index (Phi) is 5.04. The van der Waals surface area contributed by atoms with E-state index >= 15 is 0 Å². The SMILES string of the molecule is CCOC(=O)C(c1ccccc1)N1CCC(C(C)(C)C)C1. The smallest absolute Gasteiger partial charge is 0.327 e. The van der Waals surface area contributed by atoms with Gasteiger partial charge in [-0.1, -0.05) is 51.1 Å². The second kappa shape index (κ2) is 6.61. The van der Waals surface area contributed by atoms with Crippen LogP contribution >= 0.6 is 0 Å². The van der Waals surface area contributed by atoms with Gasteiger partial charge < -0.3 is 4.74 Å². The van der Waals surface area contributed by atoms with Gasteiger partial charge in [0.1, 0.15) is 6.04 Å². The molecule has 0 bridgehead atoms. The van der Waals surface area contributed by atoms with Crippen molar-refractivity contribution in [1.29, 1.82) is 0 Å². The standard InChI is InChI=1S/C18H27NO2/c1-5-21-17(20)16(14-9-7-6-8-10-14)19-12-11-15(13-19)18(2,3)4/h6-10,15-16H,5,11-13H2,1-4H3. The number of carbonyl (C=O) groups excluding carboxylic acids is 1. The molecule has 2 atom stereocenters. The molecular formula is C18H27NO2. The third-order valence-electron chi connectivity index (χ3n) is 4.43. The van der Waals surface area contributed by atoms with Gasteiger partial charge in [0.2, 0.25) is 0 Å². The number of nitrogens with zero attached hydrogens (tertiary/aromatic N) is 1. The van der Waals surface area contributed by atoms with Gasteiger partial charge in [-0.05, 0) is 36.8 Å². The summed E-state index contributed by atoms with van der Waals surface area (Å²) in [4.78, 5) is 14.7. The van der Waals surface area contributed by atoms with Crippen molar-refractivity contribution in [2.24, 2.45) is 11.3 Å². The number of benzene rings is 1. The van der Waals surface area contributed by atoms with Crippen molar-refractivity contribution in [3.05, 3.63) is 35.9 Å². The predicted molar refractivity (Wildman–Crippen MR) is 85.0 cm³/mol. The van der Waals surface area contributed by atoms with E-state index < -0.39 is 0 Å². The van der Waals surface area contributed by atoms with E-state index in [2.05, 4.69) is 25.7 Å². The van der Waals surface area contributed by atoms with Crippen LogP contribution in [0.4, 0.5) is 0 Å². The fourth-order valence-corrected chi connectivity index (χ4v) is 3.08. The zero-order chi connectivity index (χ0) is 15.5. The Balaban J connectivity index is 2.19. The molecule has 0 radical (unpaired) electrons. The lowest BCUT2D eigenvalue weighted by Gasteiger charge is -2.30. The summed E-state index contributed by atoms with van der Waals surface area (Å²) in [7, 11) is 0. The first kappa shape index (κ1) is 16.0. The highest BCUT2D eigenvalue weighted by Crippen LogP contribution is 2.37. The van der Waals surface area contributed by atoms with Crippen LogP contribution in [-0.2, 0) is 9.53 Å². The Morgan fingerprint density at radius 2 is 2.00 bits per heavy atom. The molecule has 0 amide bonds. The van der Waals surface area contributed by atoms with Crippen molar-refractivity contribution in [2.75, 3.05) is 19.7 Å². The summed E-state index contributed by atoms with van der Waals surface area (Å²) in [5.41, 5.74) is 1.32. The maximum atomic E-state index is 12.4. The monoisotopic (exact) mass is 289 g/mol. The van der Waals surface area contributed by atoms with E-state index in [0.717, 1.165) is 25.1 Å². The summed E-state index contributed by atoms with van der Waals surface area (Å²) < 4.78 is 5.31. The third-order valence-corrected chi connectivity index (χ3v) is 4.43. The molecule has 1 aromatic rings. The van der Waals surface area contributed by atoms with Gasteiger partial charge in [0.05, 0.1) is 6.61 Å². The van der Waals surface area contributed by atoms with E-state index in [1.807, 2.05) is 37.3 Å². The zero-order valence-corrected chi connectivity index (χ0v) is 13.6. The van der Waals surface area contributed by atoms with Gasteiger partial charge >= 0.3 is 5.97 Å².